The summed E-state index contributed by atoms with van der Waals surface area (Å²) in [7, 11) is 1.27. The van der Waals surface area contributed by atoms with Gasteiger partial charge in [-0.1, -0.05) is 11.6 Å². The Morgan fingerprint density at radius 3 is 2.47 bits per heavy atom. The average Bonchev–Trinajstić information content (AvgIpc) is 2.20. The molecule has 0 fully saturated rings. The molecule has 0 heterocycles. The summed E-state index contributed by atoms with van der Waals surface area (Å²) in [6, 6.07) is 2.35. The largest absolute Gasteiger partial charge is 0.462 e. The molecular weight excluding hydrogens is 287 g/mol. The Morgan fingerprint density at radius 2 is 2.00 bits per heavy atom. The summed E-state index contributed by atoms with van der Waals surface area (Å²) in [6.07, 6.45) is 0. The lowest BCUT2D eigenvalue weighted by Crippen LogP contribution is -2.08. The number of benzene rings is 1. The zero-order valence-electron chi connectivity index (χ0n) is 9.16. The third kappa shape index (κ3) is 3.34. The Kier molecular flexibility index (Phi) is 4.41. The van der Waals surface area contributed by atoms with E-state index in [0.29, 0.717) is 5.56 Å². The first-order valence-electron chi connectivity index (χ1n) is 4.69. The highest BCUT2D eigenvalue weighted by atomic mass is 35.7. The minimum Gasteiger partial charge on any atom is -0.462 e. The molecule has 4 nitrogen and oxygen atoms in total. The number of carbonyl (C=O) groups excluding carboxylic acids is 1. The zero-order chi connectivity index (χ0) is 13.2. The molecule has 94 valence electrons. The van der Waals surface area contributed by atoms with Gasteiger partial charge in [-0.3, -0.25) is 0 Å². The topological polar surface area (TPSA) is 60.4 Å². The van der Waals surface area contributed by atoms with E-state index in [1.165, 1.54) is 6.07 Å². The van der Waals surface area contributed by atoms with Gasteiger partial charge in [-0.2, -0.15) is 0 Å². The van der Waals surface area contributed by atoms with Gasteiger partial charge < -0.3 is 4.74 Å². The van der Waals surface area contributed by atoms with Crippen molar-refractivity contribution in [2.45, 2.75) is 18.7 Å². The molecule has 0 aliphatic carbocycles. The number of hydrogen-bond donors (Lipinski definition) is 0. The maximum Gasteiger partial charge on any atom is 0.338 e. The monoisotopic (exact) mass is 296 g/mol. The predicted octanol–water partition coefficient (Wildman–Crippen LogP) is 2.75. The van der Waals surface area contributed by atoms with Gasteiger partial charge in [0.15, 0.2) is 0 Å². The molecule has 0 aliphatic heterocycles. The molecule has 1 aromatic carbocycles. The SMILES string of the molecule is CCOC(=O)c1cc(S(=O)(=O)Cl)cc(Cl)c1C. The Labute approximate surface area is 109 Å². The van der Waals surface area contributed by atoms with Crippen LogP contribution in [-0.4, -0.2) is 21.0 Å². The van der Waals surface area contributed by atoms with Crippen LogP contribution in [0.2, 0.25) is 5.02 Å². The second kappa shape index (κ2) is 5.25. The lowest BCUT2D eigenvalue weighted by molar-refractivity contribution is 0.0525. The molecule has 0 N–H and O–H groups in total. The summed E-state index contributed by atoms with van der Waals surface area (Å²) in [5.41, 5.74) is 0.549. The Bertz CT molecular complexity index is 552. The zero-order valence-corrected chi connectivity index (χ0v) is 11.5. The number of hydrogen-bond acceptors (Lipinski definition) is 4. The molecule has 0 amide bonds. The van der Waals surface area contributed by atoms with Gasteiger partial charge in [0.05, 0.1) is 17.1 Å². The van der Waals surface area contributed by atoms with E-state index in [2.05, 4.69) is 0 Å². The number of rotatable bonds is 3. The van der Waals surface area contributed by atoms with Crippen molar-refractivity contribution >= 4 is 37.3 Å². The van der Waals surface area contributed by atoms with Gasteiger partial charge >= 0.3 is 5.97 Å². The maximum absolute atomic E-state index is 11.6. The maximum atomic E-state index is 11.6. The van der Waals surface area contributed by atoms with E-state index < -0.39 is 15.0 Å². The molecule has 0 spiro atoms. The van der Waals surface area contributed by atoms with E-state index >= 15 is 0 Å². The quantitative estimate of drug-likeness (QED) is 0.636. The van der Waals surface area contributed by atoms with E-state index in [4.69, 9.17) is 27.0 Å². The summed E-state index contributed by atoms with van der Waals surface area (Å²) in [6.45, 7) is 3.43. The molecule has 7 heteroatoms. The van der Waals surface area contributed by atoms with Gasteiger partial charge in [0, 0.05) is 15.7 Å². The van der Waals surface area contributed by atoms with E-state index in [0.717, 1.165) is 6.07 Å². The van der Waals surface area contributed by atoms with Crippen molar-refractivity contribution in [2.24, 2.45) is 0 Å². The lowest BCUT2D eigenvalue weighted by atomic mass is 10.1. The highest BCUT2D eigenvalue weighted by molar-refractivity contribution is 8.13. The molecule has 1 rings (SSSR count). The summed E-state index contributed by atoms with van der Waals surface area (Å²) in [4.78, 5) is 11.4. The Hall–Kier alpha value is -0.780. The number of halogens is 2. The van der Waals surface area contributed by atoms with Crippen LogP contribution in [0.5, 0.6) is 0 Å². The first-order valence-corrected chi connectivity index (χ1v) is 7.38. The number of ether oxygens (including phenoxy) is 1. The summed E-state index contributed by atoms with van der Waals surface area (Å²) in [5, 5.41) is 0.148. The van der Waals surface area contributed by atoms with Gasteiger partial charge in [0.2, 0.25) is 0 Å². The van der Waals surface area contributed by atoms with Gasteiger partial charge in [0.1, 0.15) is 0 Å². The molecule has 0 saturated carbocycles. The Morgan fingerprint density at radius 1 is 1.41 bits per heavy atom. The first kappa shape index (κ1) is 14.3. The second-order valence-corrected chi connectivity index (χ2v) is 6.21. The number of carbonyl (C=O) groups is 1. The van der Waals surface area contributed by atoms with Gasteiger partial charge in [0.25, 0.3) is 9.05 Å². The molecule has 0 atom stereocenters. The van der Waals surface area contributed by atoms with Crippen molar-refractivity contribution < 1.29 is 17.9 Å². The van der Waals surface area contributed by atoms with Gasteiger partial charge in [-0.15, -0.1) is 0 Å². The van der Waals surface area contributed by atoms with Crippen LogP contribution in [0.1, 0.15) is 22.8 Å². The third-order valence-corrected chi connectivity index (χ3v) is 3.82. The van der Waals surface area contributed by atoms with Gasteiger partial charge in [-0.05, 0) is 31.5 Å². The fourth-order valence-electron chi connectivity index (χ4n) is 1.22. The predicted molar refractivity (Wildman–Crippen MR) is 65.2 cm³/mol. The van der Waals surface area contributed by atoms with Crippen molar-refractivity contribution in [3.8, 4) is 0 Å². The first-order chi connectivity index (χ1) is 7.77. The summed E-state index contributed by atoms with van der Waals surface area (Å²) < 4.78 is 27.2. The van der Waals surface area contributed by atoms with Crippen LogP contribution in [0.25, 0.3) is 0 Å². The van der Waals surface area contributed by atoms with Crippen molar-refractivity contribution in [3.63, 3.8) is 0 Å². The molecule has 0 radical (unpaired) electrons. The average molecular weight is 297 g/mol. The van der Waals surface area contributed by atoms with Crippen molar-refractivity contribution in [3.05, 3.63) is 28.3 Å². The van der Waals surface area contributed by atoms with Gasteiger partial charge in [-0.25, -0.2) is 13.2 Å². The summed E-state index contributed by atoms with van der Waals surface area (Å²) >= 11 is 5.84. The fourth-order valence-corrected chi connectivity index (χ4v) is 2.28. The molecule has 0 unspecified atom stereocenters. The highest BCUT2D eigenvalue weighted by Crippen LogP contribution is 2.26. The fraction of sp³-hybridized carbons (Fsp3) is 0.300. The van der Waals surface area contributed by atoms with Crippen LogP contribution in [0.15, 0.2) is 17.0 Å². The van der Waals surface area contributed by atoms with Crippen LogP contribution < -0.4 is 0 Å². The molecule has 0 saturated heterocycles. The van der Waals surface area contributed by atoms with Crippen molar-refractivity contribution in [1.29, 1.82) is 0 Å². The molecule has 0 aliphatic rings. The standard InChI is InChI=1S/C10H10Cl2O4S/c1-3-16-10(13)8-4-7(17(12,14)15)5-9(11)6(8)2/h4-5H,3H2,1-2H3. The van der Waals surface area contributed by atoms with E-state index in [1.807, 2.05) is 0 Å². The van der Waals surface area contributed by atoms with Crippen molar-refractivity contribution in [1.82, 2.24) is 0 Å². The van der Waals surface area contributed by atoms with E-state index in [-0.39, 0.29) is 22.1 Å². The number of esters is 1. The Balaban J connectivity index is 3.40. The van der Waals surface area contributed by atoms with Crippen LogP contribution >= 0.6 is 22.3 Å². The van der Waals surface area contributed by atoms with Crippen LogP contribution in [0.4, 0.5) is 0 Å². The molecule has 0 aromatic heterocycles. The van der Waals surface area contributed by atoms with E-state index in [9.17, 15) is 13.2 Å². The highest BCUT2D eigenvalue weighted by Gasteiger charge is 2.19. The minimum atomic E-state index is -3.93. The second-order valence-electron chi connectivity index (χ2n) is 3.24. The molecule has 1 aromatic rings. The lowest BCUT2D eigenvalue weighted by Gasteiger charge is -2.08. The molecule has 0 bridgehead atoms. The summed E-state index contributed by atoms with van der Waals surface area (Å²) in [5.74, 6) is -0.630. The van der Waals surface area contributed by atoms with E-state index in [1.54, 1.807) is 13.8 Å². The van der Waals surface area contributed by atoms with Crippen LogP contribution in [-0.2, 0) is 13.8 Å². The van der Waals surface area contributed by atoms with Crippen LogP contribution in [0, 0.1) is 6.92 Å². The normalized spacial score (nSPS) is 11.3. The van der Waals surface area contributed by atoms with Crippen molar-refractivity contribution in [2.75, 3.05) is 6.61 Å². The molecular formula is C10H10Cl2O4S. The smallest absolute Gasteiger partial charge is 0.338 e. The molecule has 17 heavy (non-hydrogen) atoms. The third-order valence-electron chi connectivity index (χ3n) is 2.09. The minimum absolute atomic E-state index is 0.0959. The van der Waals surface area contributed by atoms with Crippen LogP contribution in [0.3, 0.4) is 0 Å².